The fraction of sp³-hybridized carbons (Fsp3) is 0.500. The van der Waals surface area contributed by atoms with Gasteiger partial charge in [0.05, 0.1) is 30.7 Å². The maximum absolute atomic E-state index is 12.6. The minimum Gasteiger partial charge on any atom is -0.488 e. The Hall–Kier alpha value is -3.65. The van der Waals surface area contributed by atoms with Gasteiger partial charge in [-0.15, -0.1) is 0 Å². The van der Waals surface area contributed by atoms with Gasteiger partial charge in [-0.05, 0) is 83.2 Å². The van der Waals surface area contributed by atoms with Crippen LogP contribution in [0.25, 0.3) is 10.9 Å². The molecular weight excluding hydrogens is 526 g/mol. The number of quaternary nitrogens is 1. The number of benzene rings is 2. The van der Waals surface area contributed by atoms with Crippen molar-refractivity contribution in [2.45, 2.75) is 72.1 Å². The summed E-state index contributed by atoms with van der Waals surface area (Å²) in [5.41, 5.74) is 11.4. The topological polar surface area (TPSA) is 93.6 Å². The average molecular weight is 576 g/mol. The standard InChI is InChI=1S/C34H47N5O3/c1-4-39(5-2,6-3)24-25-42-27-21-19-26(20-22-27)34(41)35-23-13-7-8-18-32(40)37-38-33-28-14-9-11-16-30(28)36-31-17-12-10-15-29(31)33/h9,11,14,16,19-22H,4-8,10,12-13,15,17-18,23-25H2,1-3H3,(H2-,35,36,37,38,40,41)/p+2. The molecule has 1 aliphatic carbocycles. The minimum absolute atomic E-state index is 0.0217. The third-order valence-electron chi connectivity index (χ3n) is 8.91. The maximum Gasteiger partial charge on any atom is 0.251 e. The van der Waals surface area contributed by atoms with Crippen molar-refractivity contribution in [3.05, 3.63) is 65.4 Å². The summed E-state index contributed by atoms with van der Waals surface area (Å²) in [6.07, 6.45) is 7.30. The molecule has 0 bridgehead atoms. The van der Waals surface area contributed by atoms with E-state index in [0.717, 1.165) is 91.5 Å². The van der Waals surface area contributed by atoms with Crippen LogP contribution in [-0.4, -0.2) is 55.6 Å². The van der Waals surface area contributed by atoms with Gasteiger partial charge in [0.2, 0.25) is 11.4 Å². The average Bonchev–Trinajstić information content (AvgIpc) is 3.03. The van der Waals surface area contributed by atoms with Gasteiger partial charge in [0.1, 0.15) is 18.9 Å². The highest BCUT2D eigenvalue weighted by Crippen LogP contribution is 2.30. The number of carbonyl (C=O) groups is 2. The van der Waals surface area contributed by atoms with Crippen LogP contribution in [-0.2, 0) is 17.6 Å². The number of aromatic amines is 1. The Morgan fingerprint density at radius 1 is 0.905 bits per heavy atom. The molecule has 226 valence electrons. The number of nitrogens with zero attached hydrogens (tertiary/aromatic N) is 1. The van der Waals surface area contributed by atoms with Crippen molar-refractivity contribution < 1.29 is 23.8 Å². The number of aromatic nitrogens is 1. The molecule has 0 spiro atoms. The van der Waals surface area contributed by atoms with E-state index in [1.807, 2.05) is 36.4 Å². The normalized spacial score (nSPS) is 12.9. The van der Waals surface area contributed by atoms with E-state index in [1.54, 1.807) is 0 Å². The van der Waals surface area contributed by atoms with Crippen LogP contribution in [0.4, 0.5) is 5.69 Å². The molecule has 1 aromatic heterocycles. The first-order valence-electron chi connectivity index (χ1n) is 15.9. The van der Waals surface area contributed by atoms with Crippen LogP contribution < -0.4 is 25.9 Å². The zero-order chi connectivity index (χ0) is 29.8. The number of hydrazine groups is 1. The van der Waals surface area contributed by atoms with Crippen molar-refractivity contribution in [1.82, 2.24) is 10.7 Å². The van der Waals surface area contributed by atoms with Crippen LogP contribution in [0.5, 0.6) is 5.75 Å². The summed E-state index contributed by atoms with van der Waals surface area (Å²) in [5, 5.41) is 4.08. The number of nitrogens with one attached hydrogen (secondary N) is 4. The van der Waals surface area contributed by atoms with Crippen LogP contribution in [0.3, 0.4) is 0 Å². The number of para-hydroxylation sites is 1. The second-order valence-corrected chi connectivity index (χ2v) is 11.3. The Bertz CT molecular complexity index is 1310. The molecule has 1 aliphatic rings. The van der Waals surface area contributed by atoms with Gasteiger partial charge in [-0.3, -0.25) is 20.4 Å². The highest BCUT2D eigenvalue weighted by Gasteiger charge is 2.23. The van der Waals surface area contributed by atoms with Crippen LogP contribution in [0.15, 0.2) is 48.5 Å². The minimum atomic E-state index is -0.0854. The third kappa shape index (κ3) is 8.22. The van der Waals surface area contributed by atoms with E-state index in [4.69, 9.17) is 4.74 Å². The van der Waals surface area contributed by atoms with E-state index < -0.39 is 0 Å². The van der Waals surface area contributed by atoms with Crippen molar-refractivity contribution in [2.24, 2.45) is 0 Å². The smallest absolute Gasteiger partial charge is 0.251 e. The molecule has 8 heteroatoms. The lowest BCUT2D eigenvalue weighted by Gasteiger charge is -2.35. The number of pyridine rings is 1. The molecule has 4 rings (SSSR count). The van der Waals surface area contributed by atoms with Gasteiger partial charge in [0, 0.05) is 36.6 Å². The molecule has 0 saturated heterocycles. The number of ether oxygens (including phenoxy) is 1. The molecule has 2 aromatic carbocycles. The van der Waals surface area contributed by atoms with Gasteiger partial charge in [-0.1, -0.05) is 18.6 Å². The predicted molar refractivity (Wildman–Crippen MR) is 168 cm³/mol. The molecule has 8 nitrogen and oxygen atoms in total. The Morgan fingerprint density at radius 3 is 2.40 bits per heavy atom. The van der Waals surface area contributed by atoms with Crippen molar-refractivity contribution in [3.63, 3.8) is 0 Å². The lowest BCUT2D eigenvalue weighted by molar-refractivity contribution is -0.923. The summed E-state index contributed by atoms with van der Waals surface area (Å²) in [4.78, 5) is 28.7. The molecule has 0 atom stereocenters. The highest BCUT2D eigenvalue weighted by molar-refractivity contribution is 5.94. The molecular formula is C34H49N5O3+2. The molecule has 2 amide bonds. The number of amides is 2. The van der Waals surface area contributed by atoms with Gasteiger partial charge in [0.15, 0.2) is 5.69 Å². The van der Waals surface area contributed by atoms with Crippen molar-refractivity contribution in [1.29, 1.82) is 0 Å². The number of H-pyrrole nitrogens is 1. The first-order chi connectivity index (χ1) is 20.5. The van der Waals surface area contributed by atoms with E-state index in [0.29, 0.717) is 25.1 Å². The summed E-state index contributed by atoms with van der Waals surface area (Å²) >= 11 is 0. The summed E-state index contributed by atoms with van der Waals surface area (Å²) in [6.45, 7) is 12.2. The molecule has 42 heavy (non-hydrogen) atoms. The molecule has 0 unspecified atom stereocenters. The number of hydrogen-bond acceptors (Lipinski definition) is 4. The van der Waals surface area contributed by atoms with Crippen molar-refractivity contribution >= 4 is 28.4 Å². The predicted octanol–water partition coefficient (Wildman–Crippen LogP) is 5.22. The van der Waals surface area contributed by atoms with E-state index in [-0.39, 0.29) is 11.8 Å². The fourth-order valence-electron chi connectivity index (χ4n) is 5.89. The first-order valence-corrected chi connectivity index (χ1v) is 15.9. The Kier molecular flexibility index (Phi) is 11.6. The Balaban J connectivity index is 1.13. The second kappa shape index (κ2) is 15.5. The van der Waals surface area contributed by atoms with Crippen LogP contribution in [0.1, 0.15) is 80.9 Å². The van der Waals surface area contributed by atoms with Gasteiger partial charge in [-0.2, -0.15) is 0 Å². The maximum atomic E-state index is 12.6. The van der Waals surface area contributed by atoms with Gasteiger partial charge >= 0.3 is 0 Å². The van der Waals surface area contributed by atoms with E-state index in [2.05, 4.69) is 54.1 Å². The number of aryl methyl sites for hydroxylation is 1. The number of unbranched alkanes of at least 4 members (excludes halogenated alkanes) is 2. The SMILES string of the molecule is CC[N+](CC)(CC)CCOc1ccc(C(=O)NCCCCCC(=O)NNc2c3c([nH+]c4ccccc24)CCCC3)cc1. The summed E-state index contributed by atoms with van der Waals surface area (Å²) in [7, 11) is 0. The monoisotopic (exact) mass is 575 g/mol. The highest BCUT2D eigenvalue weighted by atomic mass is 16.5. The first kappa shape index (κ1) is 31.3. The summed E-state index contributed by atoms with van der Waals surface area (Å²) in [6, 6.07) is 15.6. The molecule has 0 fully saturated rings. The fourth-order valence-corrected chi connectivity index (χ4v) is 5.89. The zero-order valence-electron chi connectivity index (χ0n) is 25.7. The molecule has 0 radical (unpaired) electrons. The van der Waals surface area contributed by atoms with E-state index in [1.165, 1.54) is 17.7 Å². The number of fused-ring (bicyclic) bond motifs is 2. The van der Waals surface area contributed by atoms with E-state index in [9.17, 15) is 9.59 Å². The number of carbonyl (C=O) groups excluding carboxylic acids is 2. The number of likely N-dealkylation sites (N-methyl/N-ethyl adjacent to an activating group) is 1. The van der Waals surface area contributed by atoms with Crippen molar-refractivity contribution in [2.75, 3.05) is 44.8 Å². The number of hydrogen-bond donors (Lipinski definition) is 3. The Morgan fingerprint density at radius 2 is 1.64 bits per heavy atom. The van der Waals surface area contributed by atoms with Crippen LogP contribution in [0.2, 0.25) is 0 Å². The zero-order valence-corrected chi connectivity index (χ0v) is 25.7. The molecule has 1 heterocycles. The summed E-state index contributed by atoms with van der Waals surface area (Å²) in [5.74, 6) is 0.684. The third-order valence-corrected chi connectivity index (χ3v) is 8.91. The Labute approximate surface area is 250 Å². The van der Waals surface area contributed by atoms with Crippen LogP contribution in [0, 0.1) is 0 Å². The quantitative estimate of drug-likeness (QED) is 0.124. The van der Waals surface area contributed by atoms with E-state index >= 15 is 0 Å². The van der Waals surface area contributed by atoms with Gasteiger partial charge < -0.3 is 14.5 Å². The van der Waals surface area contributed by atoms with Gasteiger partial charge in [-0.25, -0.2) is 4.98 Å². The lowest BCUT2D eigenvalue weighted by Crippen LogP contribution is -2.49. The molecule has 0 aliphatic heterocycles. The largest absolute Gasteiger partial charge is 0.488 e. The van der Waals surface area contributed by atoms with Crippen LogP contribution >= 0.6 is 0 Å². The second-order valence-electron chi connectivity index (χ2n) is 11.3. The molecule has 4 N–H and O–H groups in total. The number of rotatable bonds is 16. The lowest BCUT2D eigenvalue weighted by atomic mass is 9.93. The molecule has 3 aromatic rings. The summed E-state index contributed by atoms with van der Waals surface area (Å²) < 4.78 is 7.00. The van der Waals surface area contributed by atoms with Crippen molar-refractivity contribution in [3.8, 4) is 5.75 Å². The number of anilines is 1. The van der Waals surface area contributed by atoms with Gasteiger partial charge in [0.25, 0.3) is 5.91 Å². The molecule has 0 saturated carbocycles.